The van der Waals surface area contributed by atoms with Gasteiger partial charge in [0.25, 0.3) is 0 Å². The number of rotatable bonds is 1. The van der Waals surface area contributed by atoms with E-state index in [-0.39, 0.29) is 0 Å². The molecule has 3 aliphatic rings. The van der Waals surface area contributed by atoms with Crippen molar-refractivity contribution in [2.24, 2.45) is 5.92 Å². The number of nitrogens with one attached hydrogen (secondary N) is 1. The Morgan fingerprint density at radius 1 is 1.29 bits per heavy atom. The largest absolute Gasteiger partial charge is 0.396 e. The predicted molar refractivity (Wildman–Crippen MR) is 92.0 cm³/mol. The van der Waals surface area contributed by atoms with Crippen molar-refractivity contribution in [2.75, 3.05) is 32.1 Å². The average Bonchev–Trinajstić information content (AvgIpc) is 2.88. The molecule has 1 aliphatic carbocycles. The Balaban J connectivity index is 1.85. The summed E-state index contributed by atoms with van der Waals surface area (Å²) in [7, 11) is 2.22. The third kappa shape index (κ3) is 2.12. The molecule has 2 aliphatic heterocycles. The molecule has 3 nitrogen and oxygen atoms in total. The van der Waals surface area contributed by atoms with Crippen molar-refractivity contribution in [2.45, 2.75) is 30.7 Å². The number of likely N-dealkylation sites (tertiary alicyclic amines) is 1. The van der Waals surface area contributed by atoms with Crippen LogP contribution in [0.25, 0.3) is 0 Å². The number of hydrogen-bond donors (Lipinski definition) is 2. The second-order valence-electron chi connectivity index (χ2n) is 6.75. The van der Waals surface area contributed by atoms with Gasteiger partial charge in [0.15, 0.2) is 0 Å². The van der Waals surface area contributed by atoms with Crippen LogP contribution >= 0.6 is 31.9 Å². The first-order chi connectivity index (χ1) is 10.1. The summed E-state index contributed by atoms with van der Waals surface area (Å²) < 4.78 is 2.39. The normalized spacial score (nSPS) is 34.3. The van der Waals surface area contributed by atoms with Gasteiger partial charge in [-0.3, -0.25) is 0 Å². The van der Waals surface area contributed by atoms with E-state index in [0.717, 1.165) is 24.0 Å². The van der Waals surface area contributed by atoms with Crippen molar-refractivity contribution in [3.63, 3.8) is 0 Å². The Morgan fingerprint density at radius 3 is 2.86 bits per heavy atom. The number of hydrogen-bond acceptors (Lipinski definition) is 3. The molecular formula is C16H20Br2N2O. The maximum atomic E-state index is 9.62. The van der Waals surface area contributed by atoms with Gasteiger partial charge >= 0.3 is 0 Å². The minimum Gasteiger partial charge on any atom is -0.396 e. The number of anilines is 1. The van der Waals surface area contributed by atoms with Crippen LogP contribution in [-0.4, -0.2) is 42.8 Å². The van der Waals surface area contributed by atoms with E-state index in [0.29, 0.717) is 30.4 Å². The summed E-state index contributed by atoms with van der Waals surface area (Å²) in [6.45, 7) is 2.37. The van der Waals surface area contributed by atoms with Gasteiger partial charge in [-0.25, -0.2) is 0 Å². The van der Waals surface area contributed by atoms with Crippen molar-refractivity contribution in [3.05, 3.63) is 26.1 Å². The zero-order chi connectivity index (χ0) is 14.7. The summed E-state index contributed by atoms with van der Waals surface area (Å²) in [5, 5.41) is 13.2. The highest BCUT2D eigenvalue weighted by Gasteiger charge is 2.45. The third-order valence-corrected chi connectivity index (χ3v) is 6.84. The molecule has 0 amide bonds. The second-order valence-corrected chi connectivity index (χ2v) is 8.46. The molecule has 4 atom stereocenters. The van der Waals surface area contributed by atoms with Crippen LogP contribution in [0.4, 0.5) is 5.69 Å². The molecule has 2 heterocycles. The summed E-state index contributed by atoms with van der Waals surface area (Å²) in [4.78, 5) is 2.48. The summed E-state index contributed by atoms with van der Waals surface area (Å²) in [6, 6.07) is 2.80. The third-order valence-electron chi connectivity index (χ3n) is 5.56. The van der Waals surface area contributed by atoms with Gasteiger partial charge in [-0.2, -0.15) is 0 Å². The zero-order valence-electron chi connectivity index (χ0n) is 12.1. The quantitative estimate of drug-likeness (QED) is 0.736. The SMILES string of the molecule is CN1CC(CO)C[C@H]2c3c(Br)cc(Br)c4c3C(CN4)C[C@@H]21. The first kappa shape index (κ1) is 14.5. The van der Waals surface area contributed by atoms with Gasteiger partial charge in [0.2, 0.25) is 0 Å². The van der Waals surface area contributed by atoms with Gasteiger partial charge in [-0.05, 0) is 58.9 Å². The van der Waals surface area contributed by atoms with Crippen molar-refractivity contribution in [3.8, 4) is 0 Å². The number of aliphatic hydroxyl groups is 1. The Bertz CT molecular complexity index is 592. The van der Waals surface area contributed by atoms with Crippen molar-refractivity contribution in [1.82, 2.24) is 4.90 Å². The lowest BCUT2D eigenvalue weighted by atomic mass is 9.69. The Labute approximate surface area is 142 Å². The van der Waals surface area contributed by atoms with Crippen LogP contribution in [0.3, 0.4) is 0 Å². The van der Waals surface area contributed by atoms with Gasteiger partial charge in [0, 0.05) is 46.5 Å². The maximum Gasteiger partial charge on any atom is 0.0524 e. The minimum atomic E-state index is 0.297. The Hall–Kier alpha value is -0.100. The van der Waals surface area contributed by atoms with Crippen molar-refractivity contribution >= 4 is 37.5 Å². The minimum absolute atomic E-state index is 0.297. The number of likely N-dealkylation sites (N-methyl/N-ethyl adjacent to an activating group) is 1. The molecule has 2 N–H and O–H groups in total. The lowest BCUT2D eigenvalue weighted by molar-refractivity contribution is 0.0657. The molecule has 1 saturated heterocycles. The van der Waals surface area contributed by atoms with Crippen molar-refractivity contribution < 1.29 is 5.11 Å². The first-order valence-electron chi connectivity index (χ1n) is 7.67. The summed E-state index contributed by atoms with van der Waals surface area (Å²) in [5.74, 6) is 1.56. The molecule has 1 fully saturated rings. The fraction of sp³-hybridized carbons (Fsp3) is 0.625. The lowest BCUT2D eigenvalue weighted by Crippen LogP contribution is -2.49. The summed E-state index contributed by atoms with van der Waals surface area (Å²) >= 11 is 7.50. The van der Waals surface area contributed by atoms with Gasteiger partial charge in [-0.1, -0.05) is 15.9 Å². The van der Waals surface area contributed by atoms with Crippen LogP contribution in [0.2, 0.25) is 0 Å². The van der Waals surface area contributed by atoms with E-state index in [1.165, 1.54) is 27.7 Å². The number of fused-ring (bicyclic) bond motifs is 2. The van der Waals surface area contributed by atoms with E-state index < -0.39 is 0 Å². The molecule has 0 saturated carbocycles. The highest BCUT2D eigenvalue weighted by atomic mass is 79.9. The van der Waals surface area contributed by atoms with Crippen molar-refractivity contribution in [1.29, 1.82) is 0 Å². The molecule has 5 heteroatoms. The van der Waals surface area contributed by atoms with E-state index in [2.05, 4.69) is 55.2 Å². The molecular weight excluding hydrogens is 396 g/mol. The molecule has 4 rings (SSSR count). The summed E-state index contributed by atoms with van der Waals surface area (Å²) in [5.41, 5.74) is 4.30. The van der Waals surface area contributed by atoms with Crippen LogP contribution in [0, 0.1) is 5.92 Å². The monoisotopic (exact) mass is 414 g/mol. The van der Waals surface area contributed by atoms with Crippen LogP contribution in [-0.2, 0) is 0 Å². The molecule has 114 valence electrons. The molecule has 1 aromatic rings. The van der Waals surface area contributed by atoms with E-state index in [1.807, 2.05) is 0 Å². The van der Waals surface area contributed by atoms with Gasteiger partial charge in [0.05, 0.1) is 5.69 Å². The second kappa shape index (κ2) is 5.22. The molecule has 0 aromatic heterocycles. The van der Waals surface area contributed by atoms with Crippen LogP contribution in [0.5, 0.6) is 0 Å². The molecule has 2 unspecified atom stereocenters. The molecule has 0 spiro atoms. The molecule has 0 bridgehead atoms. The lowest BCUT2D eigenvalue weighted by Gasteiger charge is -2.47. The smallest absolute Gasteiger partial charge is 0.0524 e. The Morgan fingerprint density at radius 2 is 2.10 bits per heavy atom. The van der Waals surface area contributed by atoms with Gasteiger partial charge < -0.3 is 15.3 Å². The van der Waals surface area contributed by atoms with E-state index in [9.17, 15) is 5.11 Å². The highest BCUT2D eigenvalue weighted by Crippen LogP contribution is 2.54. The Kier molecular flexibility index (Phi) is 3.60. The zero-order valence-corrected chi connectivity index (χ0v) is 15.2. The topological polar surface area (TPSA) is 35.5 Å². The number of benzene rings is 1. The fourth-order valence-corrected chi connectivity index (χ4v) is 6.31. The number of halogens is 2. The maximum absolute atomic E-state index is 9.62. The van der Waals surface area contributed by atoms with Crippen LogP contribution < -0.4 is 5.32 Å². The number of piperidine rings is 1. The van der Waals surface area contributed by atoms with Crippen LogP contribution in [0.1, 0.15) is 35.8 Å². The van der Waals surface area contributed by atoms with E-state index >= 15 is 0 Å². The van der Waals surface area contributed by atoms with E-state index in [1.54, 1.807) is 0 Å². The number of aliphatic hydroxyl groups excluding tert-OH is 1. The van der Waals surface area contributed by atoms with Gasteiger partial charge in [-0.15, -0.1) is 0 Å². The van der Waals surface area contributed by atoms with Gasteiger partial charge in [0.1, 0.15) is 0 Å². The highest BCUT2D eigenvalue weighted by molar-refractivity contribution is 9.11. The molecule has 21 heavy (non-hydrogen) atoms. The number of nitrogens with zero attached hydrogens (tertiary/aromatic N) is 1. The summed E-state index contributed by atoms with van der Waals surface area (Å²) in [6.07, 6.45) is 2.33. The average molecular weight is 416 g/mol. The van der Waals surface area contributed by atoms with Crippen LogP contribution in [0.15, 0.2) is 15.0 Å². The standard InChI is InChI=1S/C16H20Br2N2O/c1-20-6-8(7-21)2-10-13(20)3-9-5-19-16-12(18)4-11(17)15(10)14(9)16/h4,8-10,13,19,21H,2-3,5-7H2,1H3/t8?,9?,10-,13+/m1/s1. The van der Waals surface area contributed by atoms with E-state index in [4.69, 9.17) is 0 Å². The first-order valence-corrected chi connectivity index (χ1v) is 9.25. The molecule has 0 radical (unpaired) electrons. The predicted octanol–water partition coefficient (Wildman–Crippen LogP) is 3.52. The molecule has 1 aromatic carbocycles. The fourth-order valence-electron chi connectivity index (χ4n) is 4.68.